The number of nitrogens with zero attached hydrogens (tertiary/aromatic N) is 6. The Morgan fingerprint density at radius 2 is 1.76 bits per heavy atom. The Labute approximate surface area is 202 Å². The molecule has 1 aromatic heterocycles. The van der Waals surface area contributed by atoms with Crippen molar-refractivity contribution in [2.24, 2.45) is 0 Å². The van der Waals surface area contributed by atoms with E-state index < -0.39 is 0 Å². The maximum Gasteiger partial charge on any atom is 0.307 e. The number of anilines is 2. The molecule has 3 aliphatic heterocycles. The Balaban J connectivity index is 1.35. The van der Waals surface area contributed by atoms with Gasteiger partial charge in [0, 0.05) is 62.3 Å². The largest absolute Gasteiger partial charge is 0.469 e. The number of likely N-dealkylation sites (N-methyl/N-ethyl adjacent to an activating group) is 1. The van der Waals surface area contributed by atoms with Gasteiger partial charge in [-0.2, -0.15) is 0 Å². The smallest absolute Gasteiger partial charge is 0.307 e. The van der Waals surface area contributed by atoms with Gasteiger partial charge in [0.25, 0.3) is 0 Å². The molecule has 2 aromatic rings. The topological polar surface area (TPSA) is 65.0 Å². The molecule has 0 bridgehead atoms. The third-order valence-electron chi connectivity index (χ3n) is 7.47. The van der Waals surface area contributed by atoms with Crippen LogP contribution >= 0.6 is 0 Å². The first kappa shape index (κ1) is 23.1. The number of fused-ring (bicyclic) bond motifs is 1. The predicted molar refractivity (Wildman–Crippen MR) is 134 cm³/mol. The summed E-state index contributed by atoms with van der Waals surface area (Å²) in [7, 11) is 3.65. The number of hydrogen-bond acceptors (Lipinski definition) is 8. The molecular formula is C26H36N6O2. The van der Waals surface area contributed by atoms with Crippen LogP contribution in [0.25, 0.3) is 11.4 Å². The monoisotopic (exact) mass is 464 g/mol. The highest BCUT2D eigenvalue weighted by molar-refractivity contribution is 5.71. The molecule has 182 valence electrons. The third-order valence-corrected chi connectivity index (χ3v) is 7.47. The number of piperazine rings is 1. The van der Waals surface area contributed by atoms with Crippen molar-refractivity contribution >= 4 is 17.5 Å². The lowest BCUT2D eigenvalue weighted by molar-refractivity contribution is -0.141. The van der Waals surface area contributed by atoms with Crippen molar-refractivity contribution in [3.05, 3.63) is 36.0 Å². The number of methoxy groups -OCH3 is 1. The van der Waals surface area contributed by atoms with Crippen molar-refractivity contribution in [1.29, 1.82) is 0 Å². The lowest BCUT2D eigenvalue weighted by atomic mass is 10.1. The van der Waals surface area contributed by atoms with E-state index in [-0.39, 0.29) is 12.0 Å². The number of aromatic nitrogens is 2. The zero-order valence-corrected chi connectivity index (χ0v) is 20.4. The van der Waals surface area contributed by atoms with Crippen LogP contribution in [0.2, 0.25) is 0 Å². The van der Waals surface area contributed by atoms with Gasteiger partial charge < -0.3 is 24.3 Å². The van der Waals surface area contributed by atoms with Crippen LogP contribution < -0.4 is 9.80 Å². The van der Waals surface area contributed by atoms with Gasteiger partial charge in [0.15, 0.2) is 5.82 Å². The van der Waals surface area contributed by atoms with Crippen LogP contribution in [0.5, 0.6) is 0 Å². The number of carbonyl (C=O) groups is 1. The Bertz CT molecular complexity index is 983. The highest BCUT2D eigenvalue weighted by atomic mass is 16.5. The predicted octanol–water partition coefficient (Wildman–Crippen LogP) is 2.29. The van der Waals surface area contributed by atoms with Gasteiger partial charge >= 0.3 is 5.97 Å². The van der Waals surface area contributed by atoms with Crippen LogP contribution in [0.4, 0.5) is 11.5 Å². The molecule has 0 N–H and O–H groups in total. The standard InChI is InChI=1S/C26H36N6O2/c1-29-13-15-31(16-14-29)22-7-5-20(6-8-22)25-27-18-21-9-12-32(26(21)28-25)23(17-24(33)34-2)19-30-10-3-4-11-30/h5-8,18,23H,3-4,9-17,19H2,1-2H3/t23-/m0/s1. The molecule has 3 aliphatic rings. The summed E-state index contributed by atoms with van der Waals surface area (Å²) in [6.07, 6.45) is 5.73. The van der Waals surface area contributed by atoms with Crippen LogP contribution in [0, 0.1) is 0 Å². The van der Waals surface area contributed by atoms with Crippen molar-refractivity contribution in [2.45, 2.75) is 31.7 Å². The van der Waals surface area contributed by atoms with Crippen molar-refractivity contribution in [3.8, 4) is 11.4 Å². The van der Waals surface area contributed by atoms with Crippen LogP contribution in [0.1, 0.15) is 24.8 Å². The summed E-state index contributed by atoms with van der Waals surface area (Å²) in [5.74, 6) is 1.56. The van der Waals surface area contributed by atoms with Gasteiger partial charge in [-0.15, -0.1) is 0 Å². The molecule has 0 saturated carbocycles. The summed E-state index contributed by atoms with van der Waals surface area (Å²) in [5, 5.41) is 0. The second kappa shape index (κ2) is 10.3. The summed E-state index contributed by atoms with van der Waals surface area (Å²) in [4.78, 5) is 31.5. The molecule has 1 aromatic carbocycles. The maximum atomic E-state index is 12.2. The van der Waals surface area contributed by atoms with Gasteiger partial charge in [0.2, 0.25) is 0 Å². The van der Waals surface area contributed by atoms with Gasteiger partial charge in [0.05, 0.1) is 19.6 Å². The molecule has 0 spiro atoms. The molecule has 34 heavy (non-hydrogen) atoms. The zero-order valence-electron chi connectivity index (χ0n) is 20.4. The average Bonchev–Trinajstić information content (AvgIpc) is 3.53. The molecule has 2 saturated heterocycles. The molecule has 0 radical (unpaired) electrons. The van der Waals surface area contributed by atoms with Crippen LogP contribution in [0.3, 0.4) is 0 Å². The number of benzene rings is 1. The summed E-state index contributed by atoms with van der Waals surface area (Å²) in [6, 6.07) is 8.69. The second-order valence-corrected chi connectivity index (χ2v) is 9.76. The van der Waals surface area contributed by atoms with Crippen molar-refractivity contribution in [1.82, 2.24) is 19.8 Å². The van der Waals surface area contributed by atoms with Crippen LogP contribution in [0.15, 0.2) is 30.5 Å². The van der Waals surface area contributed by atoms with Crippen LogP contribution in [-0.2, 0) is 16.0 Å². The fraction of sp³-hybridized carbons (Fsp3) is 0.577. The van der Waals surface area contributed by atoms with E-state index in [1.807, 2.05) is 6.20 Å². The summed E-state index contributed by atoms with van der Waals surface area (Å²) >= 11 is 0. The minimum Gasteiger partial charge on any atom is -0.469 e. The summed E-state index contributed by atoms with van der Waals surface area (Å²) in [5.41, 5.74) is 3.44. The van der Waals surface area contributed by atoms with Crippen LogP contribution in [-0.4, -0.2) is 98.3 Å². The van der Waals surface area contributed by atoms with Gasteiger partial charge in [-0.1, -0.05) is 0 Å². The van der Waals surface area contributed by atoms with Crippen molar-refractivity contribution < 1.29 is 9.53 Å². The lowest BCUT2D eigenvalue weighted by Crippen LogP contribution is -2.44. The number of rotatable bonds is 7. The number of carbonyl (C=O) groups excluding carboxylic acids is 1. The molecule has 8 heteroatoms. The van der Waals surface area contributed by atoms with Gasteiger partial charge in [-0.05, 0) is 63.7 Å². The van der Waals surface area contributed by atoms with Gasteiger partial charge in [-0.25, -0.2) is 9.97 Å². The zero-order chi connectivity index (χ0) is 23.5. The number of likely N-dealkylation sites (tertiary alicyclic amines) is 1. The normalized spacial score (nSPS) is 19.9. The van der Waals surface area contributed by atoms with E-state index in [1.165, 1.54) is 25.6 Å². The van der Waals surface area contributed by atoms with Gasteiger partial charge in [0.1, 0.15) is 5.82 Å². The first-order valence-corrected chi connectivity index (χ1v) is 12.6. The summed E-state index contributed by atoms with van der Waals surface area (Å²) in [6.45, 7) is 8.24. The van der Waals surface area contributed by atoms with E-state index >= 15 is 0 Å². The number of esters is 1. The lowest BCUT2D eigenvalue weighted by Gasteiger charge is -2.34. The first-order valence-electron chi connectivity index (χ1n) is 12.6. The van der Waals surface area contributed by atoms with E-state index in [2.05, 4.69) is 55.9 Å². The fourth-order valence-electron chi connectivity index (χ4n) is 5.36. The molecule has 2 fully saturated rings. The molecule has 0 aliphatic carbocycles. The Morgan fingerprint density at radius 3 is 2.47 bits per heavy atom. The average molecular weight is 465 g/mol. The molecule has 0 unspecified atom stereocenters. The molecular weight excluding hydrogens is 428 g/mol. The van der Waals surface area contributed by atoms with E-state index in [9.17, 15) is 4.79 Å². The van der Waals surface area contributed by atoms with E-state index in [0.717, 1.165) is 81.5 Å². The van der Waals surface area contributed by atoms with Gasteiger partial charge in [-0.3, -0.25) is 4.79 Å². The second-order valence-electron chi connectivity index (χ2n) is 9.76. The maximum absolute atomic E-state index is 12.2. The molecule has 5 rings (SSSR count). The molecule has 8 nitrogen and oxygen atoms in total. The van der Waals surface area contributed by atoms with E-state index in [4.69, 9.17) is 9.72 Å². The Kier molecular flexibility index (Phi) is 6.97. The molecule has 1 atom stereocenters. The highest BCUT2D eigenvalue weighted by Crippen LogP contribution is 2.31. The quantitative estimate of drug-likeness (QED) is 0.579. The van der Waals surface area contributed by atoms with E-state index in [1.54, 1.807) is 0 Å². The fourth-order valence-corrected chi connectivity index (χ4v) is 5.36. The van der Waals surface area contributed by atoms with Crippen molar-refractivity contribution in [2.75, 3.05) is 76.3 Å². The Hall–Kier alpha value is -2.71. The molecule has 4 heterocycles. The van der Waals surface area contributed by atoms with Crippen molar-refractivity contribution in [3.63, 3.8) is 0 Å². The minimum absolute atomic E-state index is 0.0640. The first-order chi connectivity index (χ1) is 16.6. The Morgan fingerprint density at radius 1 is 1.03 bits per heavy atom. The number of ether oxygens (including phenoxy) is 1. The number of hydrogen-bond donors (Lipinski definition) is 0. The SMILES string of the molecule is COC(=O)C[C@@H](CN1CCCC1)N1CCc2cnc(-c3ccc(N4CCN(C)CC4)cc3)nc21. The summed E-state index contributed by atoms with van der Waals surface area (Å²) < 4.78 is 5.03. The highest BCUT2D eigenvalue weighted by Gasteiger charge is 2.32. The third kappa shape index (κ3) is 5.03. The molecule has 0 amide bonds. The van der Waals surface area contributed by atoms with E-state index in [0.29, 0.717) is 6.42 Å². The minimum atomic E-state index is -0.161.